The zero-order valence-electron chi connectivity index (χ0n) is 22.6. The molecule has 1 heterocycles. The number of imidazole rings is 1. The summed E-state index contributed by atoms with van der Waals surface area (Å²) in [5.41, 5.74) is 6.11. The third kappa shape index (κ3) is 7.31. The van der Waals surface area contributed by atoms with E-state index in [0.717, 1.165) is 33.8 Å². The highest BCUT2D eigenvalue weighted by atomic mass is 35.5. The van der Waals surface area contributed by atoms with E-state index in [1.807, 2.05) is 52.9 Å². The van der Waals surface area contributed by atoms with Gasteiger partial charge in [-0.1, -0.05) is 91.7 Å². The fourth-order valence-corrected chi connectivity index (χ4v) is 5.76. The van der Waals surface area contributed by atoms with Crippen LogP contribution in [-0.4, -0.2) is 25.9 Å². The van der Waals surface area contributed by atoms with E-state index in [-0.39, 0.29) is 5.56 Å². The summed E-state index contributed by atoms with van der Waals surface area (Å²) in [5.74, 6) is -0.203. The summed E-state index contributed by atoms with van der Waals surface area (Å²) in [5, 5.41) is 10.9. The first-order valence-corrected chi connectivity index (χ1v) is 14.8. The lowest BCUT2D eigenvalue weighted by molar-refractivity contribution is 0.0697. The predicted molar refractivity (Wildman–Crippen MR) is 172 cm³/mol. The number of carbonyl (C=O) groups is 1. The normalized spacial score (nSPS) is 11.4. The number of rotatable bonds is 9. The lowest BCUT2D eigenvalue weighted by Gasteiger charge is -2.07. The van der Waals surface area contributed by atoms with Crippen LogP contribution in [0.3, 0.4) is 0 Å². The van der Waals surface area contributed by atoms with E-state index < -0.39 is 5.97 Å². The Labute approximate surface area is 254 Å². The van der Waals surface area contributed by atoms with Gasteiger partial charge in [-0.05, 0) is 70.8 Å². The van der Waals surface area contributed by atoms with Gasteiger partial charge in [-0.15, -0.1) is 11.8 Å². The van der Waals surface area contributed by atoms with Crippen LogP contribution >= 0.6 is 35.0 Å². The molecule has 0 unspecified atom stereocenters. The molecule has 0 spiro atoms. The standard InChI is InChI=1S/C34H28Cl2N2O2S/c1-22(2)41-29-15-12-26(13-16-29)25-8-3-23(4-9-25)7-18-33-37-32(30-17-14-28(35)19-31(30)36)21-38(33)20-24-5-10-27(11-6-24)34(39)40/h3-19,21-22H,20H2,1-2H3,(H,39,40)/b18-7+. The van der Waals surface area contributed by atoms with Crippen LogP contribution in [0.5, 0.6) is 0 Å². The molecule has 7 heteroatoms. The summed E-state index contributed by atoms with van der Waals surface area (Å²) < 4.78 is 2.03. The third-order valence-corrected chi connectivity index (χ3v) is 8.03. The Morgan fingerprint density at radius 1 is 0.902 bits per heavy atom. The van der Waals surface area contributed by atoms with Crippen molar-refractivity contribution in [2.45, 2.75) is 30.5 Å². The van der Waals surface area contributed by atoms with Crippen LogP contribution in [0.15, 0.2) is 102 Å². The van der Waals surface area contributed by atoms with Crippen molar-refractivity contribution in [2.75, 3.05) is 0 Å². The van der Waals surface area contributed by atoms with Gasteiger partial charge in [0.25, 0.3) is 0 Å². The first-order chi connectivity index (χ1) is 19.7. The summed E-state index contributed by atoms with van der Waals surface area (Å²) in [6.07, 6.45) is 5.96. The van der Waals surface area contributed by atoms with Crippen LogP contribution in [0.1, 0.15) is 41.2 Å². The Bertz CT molecular complexity index is 1690. The van der Waals surface area contributed by atoms with Crippen LogP contribution in [-0.2, 0) is 6.54 Å². The molecule has 1 N–H and O–H groups in total. The fraction of sp³-hybridized carbons (Fsp3) is 0.118. The van der Waals surface area contributed by atoms with Crippen LogP contribution in [0.2, 0.25) is 10.0 Å². The van der Waals surface area contributed by atoms with E-state index in [0.29, 0.717) is 21.8 Å². The maximum atomic E-state index is 11.3. The number of hydrogen-bond acceptors (Lipinski definition) is 3. The Morgan fingerprint density at radius 3 is 2.17 bits per heavy atom. The largest absolute Gasteiger partial charge is 0.478 e. The smallest absolute Gasteiger partial charge is 0.335 e. The molecular weight excluding hydrogens is 571 g/mol. The minimum absolute atomic E-state index is 0.252. The second kappa shape index (κ2) is 12.8. The van der Waals surface area contributed by atoms with Gasteiger partial charge >= 0.3 is 5.97 Å². The van der Waals surface area contributed by atoms with Gasteiger partial charge in [0.1, 0.15) is 5.82 Å². The number of hydrogen-bond donors (Lipinski definition) is 1. The van der Waals surface area contributed by atoms with Gasteiger partial charge in [0.2, 0.25) is 0 Å². The zero-order valence-corrected chi connectivity index (χ0v) is 24.9. The zero-order chi connectivity index (χ0) is 28.9. The summed E-state index contributed by atoms with van der Waals surface area (Å²) in [6, 6.07) is 29.3. The summed E-state index contributed by atoms with van der Waals surface area (Å²) in [7, 11) is 0. The van der Waals surface area contributed by atoms with Crippen molar-refractivity contribution < 1.29 is 9.90 Å². The van der Waals surface area contributed by atoms with E-state index in [1.54, 1.807) is 24.3 Å². The van der Waals surface area contributed by atoms with Gasteiger partial charge in [0.15, 0.2) is 0 Å². The Morgan fingerprint density at radius 2 is 1.56 bits per heavy atom. The van der Waals surface area contributed by atoms with Crippen LogP contribution < -0.4 is 0 Å². The SMILES string of the molecule is CC(C)Sc1ccc(-c2ccc(/C=C/c3nc(-c4ccc(Cl)cc4Cl)cn3Cc3ccc(C(=O)O)cc3)cc2)cc1. The van der Waals surface area contributed by atoms with Gasteiger partial charge in [0.05, 0.1) is 16.3 Å². The molecule has 0 aliphatic carbocycles. The van der Waals surface area contributed by atoms with Crippen LogP contribution in [0.4, 0.5) is 0 Å². The molecule has 0 aliphatic rings. The van der Waals surface area contributed by atoms with Crippen LogP contribution in [0, 0.1) is 0 Å². The maximum absolute atomic E-state index is 11.3. The summed E-state index contributed by atoms with van der Waals surface area (Å²) in [4.78, 5) is 17.4. The predicted octanol–water partition coefficient (Wildman–Crippen LogP) is 9.94. The second-order valence-corrected chi connectivity index (χ2v) is 12.4. The number of carboxylic acid groups (broad SMARTS) is 1. The maximum Gasteiger partial charge on any atom is 0.335 e. The highest BCUT2D eigenvalue weighted by Gasteiger charge is 2.12. The number of thioether (sulfide) groups is 1. The van der Waals surface area contributed by atoms with E-state index in [4.69, 9.17) is 28.2 Å². The summed E-state index contributed by atoms with van der Waals surface area (Å²) >= 11 is 14.5. The van der Waals surface area contributed by atoms with E-state index in [9.17, 15) is 9.90 Å². The van der Waals surface area contributed by atoms with Crippen molar-refractivity contribution in [1.82, 2.24) is 9.55 Å². The molecule has 0 saturated carbocycles. The topological polar surface area (TPSA) is 55.1 Å². The Hall–Kier alpha value is -3.77. The second-order valence-electron chi connectivity index (χ2n) is 9.88. The van der Waals surface area contributed by atoms with Crippen molar-refractivity contribution in [3.8, 4) is 22.4 Å². The monoisotopic (exact) mass is 598 g/mol. The minimum Gasteiger partial charge on any atom is -0.478 e. The van der Waals surface area contributed by atoms with Crippen molar-refractivity contribution in [3.05, 3.63) is 130 Å². The molecule has 0 radical (unpaired) electrons. The van der Waals surface area contributed by atoms with Gasteiger partial charge in [-0.25, -0.2) is 9.78 Å². The van der Waals surface area contributed by atoms with Gasteiger partial charge in [-0.3, -0.25) is 0 Å². The lowest BCUT2D eigenvalue weighted by atomic mass is 10.0. The number of carboxylic acids is 1. The number of halogens is 2. The number of aromatic nitrogens is 2. The molecule has 0 aliphatic heterocycles. The highest BCUT2D eigenvalue weighted by molar-refractivity contribution is 7.99. The first-order valence-electron chi connectivity index (χ1n) is 13.2. The molecule has 41 heavy (non-hydrogen) atoms. The molecule has 4 nitrogen and oxygen atoms in total. The van der Waals surface area contributed by atoms with Gasteiger partial charge in [0, 0.05) is 33.5 Å². The van der Waals surface area contributed by atoms with Gasteiger partial charge in [-0.2, -0.15) is 0 Å². The average molecular weight is 600 g/mol. The molecule has 0 fully saturated rings. The molecular formula is C34H28Cl2N2O2S. The van der Waals surface area contributed by atoms with Crippen LogP contribution in [0.25, 0.3) is 34.5 Å². The van der Waals surface area contributed by atoms with Crippen molar-refractivity contribution >= 4 is 53.1 Å². The first kappa shape index (κ1) is 28.7. The number of benzene rings is 4. The molecule has 1 aromatic heterocycles. The number of aromatic carboxylic acids is 1. The van der Waals surface area contributed by atoms with Crippen molar-refractivity contribution in [1.29, 1.82) is 0 Å². The third-order valence-electron chi connectivity index (χ3n) is 6.46. The highest BCUT2D eigenvalue weighted by Crippen LogP contribution is 2.31. The van der Waals surface area contributed by atoms with E-state index in [1.165, 1.54) is 10.5 Å². The lowest BCUT2D eigenvalue weighted by Crippen LogP contribution is -2.02. The summed E-state index contributed by atoms with van der Waals surface area (Å²) in [6.45, 7) is 4.91. The fourth-order valence-electron chi connectivity index (χ4n) is 4.42. The molecule has 5 aromatic rings. The Kier molecular flexibility index (Phi) is 8.99. The molecule has 0 bridgehead atoms. The molecule has 5 rings (SSSR count). The molecule has 0 amide bonds. The minimum atomic E-state index is -0.948. The van der Waals surface area contributed by atoms with Crippen molar-refractivity contribution in [3.63, 3.8) is 0 Å². The molecule has 206 valence electrons. The average Bonchev–Trinajstić information content (AvgIpc) is 3.34. The van der Waals surface area contributed by atoms with Gasteiger partial charge < -0.3 is 9.67 Å². The van der Waals surface area contributed by atoms with E-state index >= 15 is 0 Å². The van der Waals surface area contributed by atoms with E-state index in [2.05, 4.69) is 62.4 Å². The molecule has 4 aromatic carbocycles. The number of nitrogens with zero attached hydrogens (tertiary/aromatic N) is 2. The molecule has 0 atom stereocenters. The quantitative estimate of drug-likeness (QED) is 0.171. The van der Waals surface area contributed by atoms with Crippen molar-refractivity contribution in [2.24, 2.45) is 0 Å². The molecule has 0 saturated heterocycles. The Balaban J connectivity index is 1.41.